The molecule has 2 aromatic rings. The third-order valence-corrected chi connectivity index (χ3v) is 11.1. The van der Waals surface area contributed by atoms with Gasteiger partial charge in [0.1, 0.15) is 6.04 Å². The zero-order valence-electron chi connectivity index (χ0n) is 21.6. The fourth-order valence-electron chi connectivity index (χ4n) is 6.19. The van der Waals surface area contributed by atoms with E-state index in [9.17, 15) is 41.1 Å². The van der Waals surface area contributed by atoms with Gasteiger partial charge in [0.2, 0.25) is 11.8 Å². The maximum Gasteiger partial charge on any atom is 0.255 e. The molecule has 2 unspecified atom stereocenters. The average Bonchev–Trinajstić information content (AvgIpc) is 3.38. The Morgan fingerprint density at radius 2 is 1.68 bits per heavy atom. The minimum atomic E-state index is -4.09. The summed E-state index contributed by atoms with van der Waals surface area (Å²) in [7, 11) is -4.09. The van der Waals surface area contributed by atoms with Crippen LogP contribution in [0.15, 0.2) is 35.2 Å². The van der Waals surface area contributed by atoms with Crippen LogP contribution >= 0.6 is 11.6 Å². The van der Waals surface area contributed by atoms with Crippen molar-refractivity contribution in [1.29, 1.82) is 0 Å². The van der Waals surface area contributed by atoms with Crippen molar-refractivity contribution in [2.24, 2.45) is 11.8 Å². The van der Waals surface area contributed by atoms with Crippen LogP contribution < -0.4 is 16.0 Å². The highest BCUT2D eigenvalue weighted by Gasteiger charge is 2.56. The van der Waals surface area contributed by atoms with Gasteiger partial charge in [-0.25, -0.2) is 21.6 Å². The smallest absolute Gasteiger partial charge is 0.255 e. The first-order valence-corrected chi connectivity index (χ1v) is 15.0. The van der Waals surface area contributed by atoms with Crippen LogP contribution in [0.2, 0.25) is 5.02 Å². The molecule has 41 heavy (non-hydrogen) atoms. The molecule has 0 radical (unpaired) electrons. The van der Waals surface area contributed by atoms with Crippen molar-refractivity contribution in [3.05, 3.63) is 58.4 Å². The Hall–Kier alpha value is -3.16. The normalized spacial score (nSPS) is 27.4. The zero-order valence-corrected chi connectivity index (χ0v) is 23.1. The molecule has 3 aliphatic rings. The number of rotatable bonds is 7. The Morgan fingerprint density at radius 1 is 1.05 bits per heavy atom. The molecular weight excluding hydrogens is 587 g/mol. The van der Waals surface area contributed by atoms with Crippen LogP contribution in [0.5, 0.6) is 0 Å². The molecule has 1 saturated heterocycles. The van der Waals surface area contributed by atoms with E-state index in [-0.39, 0.29) is 52.9 Å². The third-order valence-electron chi connectivity index (χ3n) is 8.41. The van der Waals surface area contributed by atoms with E-state index in [1.54, 1.807) is 0 Å². The number of nitrogens with one attached hydrogen (secondary N) is 3. The molecule has 2 bridgehead atoms. The van der Waals surface area contributed by atoms with Crippen LogP contribution in [-0.4, -0.2) is 54.7 Å². The summed E-state index contributed by atoms with van der Waals surface area (Å²) in [6.07, 6.45) is 1.95. The summed E-state index contributed by atoms with van der Waals surface area (Å²) in [6.45, 7) is -0.0682. The van der Waals surface area contributed by atoms with Gasteiger partial charge in [-0.3, -0.25) is 14.4 Å². The fourth-order valence-corrected chi connectivity index (χ4v) is 8.59. The lowest BCUT2D eigenvalue weighted by atomic mass is 9.74. The molecule has 3 atom stereocenters. The van der Waals surface area contributed by atoms with E-state index in [0.717, 1.165) is 6.07 Å². The van der Waals surface area contributed by atoms with E-state index in [1.807, 2.05) is 0 Å². The SMILES string of the molecule is O=C1CC[C@@H](C(=O)NC[C@]2(O)C3CCC2C[C@@H](S(=O)(=O)c2cc(C(=O)Nc4cc(F)c(F)c(F)c4)ccc2Cl)C3)N1. The second-order valence-corrected chi connectivity index (χ2v) is 13.4. The summed E-state index contributed by atoms with van der Waals surface area (Å²) in [5.41, 5.74) is -1.83. The summed E-state index contributed by atoms with van der Waals surface area (Å²) >= 11 is 6.25. The number of benzene rings is 2. The van der Waals surface area contributed by atoms with E-state index >= 15 is 0 Å². The first-order valence-electron chi connectivity index (χ1n) is 13.1. The molecule has 1 heterocycles. The van der Waals surface area contributed by atoms with Gasteiger partial charge in [0, 0.05) is 36.3 Å². The number of sulfone groups is 1. The lowest BCUT2D eigenvalue weighted by molar-refractivity contribution is -0.128. The number of carbonyl (C=O) groups is 3. The minimum absolute atomic E-state index is 0.0682. The van der Waals surface area contributed by atoms with Crippen LogP contribution in [0, 0.1) is 29.3 Å². The van der Waals surface area contributed by atoms with Crippen LogP contribution in [0.3, 0.4) is 0 Å². The fraction of sp³-hybridized carbons (Fsp3) is 0.444. The van der Waals surface area contributed by atoms with Crippen LogP contribution in [-0.2, 0) is 19.4 Å². The summed E-state index contributed by atoms with van der Waals surface area (Å²) < 4.78 is 67.8. The molecule has 1 aliphatic heterocycles. The number of anilines is 1. The molecule has 0 aromatic heterocycles. The van der Waals surface area contributed by atoms with Gasteiger partial charge in [-0.05, 0) is 62.1 Å². The maximum atomic E-state index is 13.7. The monoisotopic (exact) mass is 613 g/mol. The van der Waals surface area contributed by atoms with E-state index in [1.165, 1.54) is 12.1 Å². The number of fused-ring (bicyclic) bond motifs is 2. The van der Waals surface area contributed by atoms with E-state index in [2.05, 4.69) is 16.0 Å². The van der Waals surface area contributed by atoms with Crippen molar-refractivity contribution in [1.82, 2.24) is 10.6 Å². The molecule has 9 nitrogen and oxygen atoms in total. The van der Waals surface area contributed by atoms with Gasteiger partial charge in [-0.1, -0.05) is 11.6 Å². The van der Waals surface area contributed by atoms with Crippen LogP contribution in [0.4, 0.5) is 18.9 Å². The van der Waals surface area contributed by atoms with Crippen LogP contribution in [0.1, 0.15) is 48.9 Å². The van der Waals surface area contributed by atoms with Gasteiger partial charge in [0.25, 0.3) is 5.91 Å². The predicted molar refractivity (Wildman–Crippen MR) is 141 cm³/mol. The van der Waals surface area contributed by atoms with Crippen molar-refractivity contribution < 1.29 is 41.1 Å². The lowest BCUT2D eigenvalue weighted by Gasteiger charge is -2.42. The summed E-state index contributed by atoms with van der Waals surface area (Å²) in [5, 5.41) is 17.9. The Morgan fingerprint density at radius 3 is 2.27 bits per heavy atom. The van der Waals surface area contributed by atoms with Crippen molar-refractivity contribution in [3.8, 4) is 0 Å². The molecule has 2 aliphatic carbocycles. The van der Waals surface area contributed by atoms with Gasteiger partial charge in [0.05, 0.1) is 20.8 Å². The van der Waals surface area contributed by atoms with Gasteiger partial charge in [0.15, 0.2) is 27.3 Å². The standard InChI is InChI=1S/C27H27ClF3N3O6S/c28-18-4-1-13(25(36)33-16-10-19(29)24(31)20(30)11-16)7-22(18)41(39,40)17-8-14-2-3-15(9-17)27(14,38)12-32-26(37)21-5-6-23(35)34-21/h1,4,7,10-11,14-15,17,21,38H,2-3,5-6,8-9,12H2,(H,32,37)(H,33,36)(H,34,35)/t14?,15?,17-,21-,27-/m0/s1. The molecule has 2 aromatic carbocycles. The largest absolute Gasteiger partial charge is 0.387 e. The first kappa shape index (κ1) is 29.3. The second-order valence-electron chi connectivity index (χ2n) is 10.8. The molecule has 3 fully saturated rings. The van der Waals surface area contributed by atoms with Crippen LogP contribution in [0.25, 0.3) is 0 Å². The number of amides is 3. The van der Waals surface area contributed by atoms with Gasteiger partial charge in [-0.2, -0.15) is 0 Å². The Labute approximate surface area is 238 Å². The zero-order chi connectivity index (χ0) is 29.7. The number of hydrogen-bond acceptors (Lipinski definition) is 6. The Balaban J connectivity index is 1.30. The number of aliphatic hydroxyl groups is 1. The maximum absolute atomic E-state index is 13.7. The van der Waals surface area contributed by atoms with Crippen molar-refractivity contribution in [2.75, 3.05) is 11.9 Å². The topological polar surface area (TPSA) is 142 Å². The molecule has 4 N–H and O–H groups in total. The van der Waals surface area contributed by atoms with E-state index in [0.29, 0.717) is 31.4 Å². The number of halogens is 4. The minimum Gasteiger partial charge on any atom is -0.387 e. The summed E-state index contributed by atoms with van der Waals surface area (Å²) in [5.74, 6) is -7.05. The second kappa shape index (κ2) is 10.9. The highest BCUT2D eigenvalue weighted by Crippen LogP contribution is 2.52. The van der Waals surface area contributed by atoms with Gasteiger partial charge >= 0.3 is 0 Å². The number of hydrogen-bond donors (Lipinski definition) is 4. The molecular formula is C27H27ClF3N3O6S. The molecule has 3 amide bonds. The molecule has 5 rings (SSSR count). The van der Waals surface area contributed by atoms with E-state index in [4.69, 9.17) is 11.6 Å². The quantitative estimate of drug-likeness (QED) is 0.354. The first-order chi connectivity index (χ1) is 19.3. The molecule has 14 heteroatoms. The lowest BCUT2D eigenvalue weighted by Crippen LogP contribution is -2.56. The van der Waals surface area contributed by atoms with Gasteiger partial charge in [-0.15, -0.1) is 0 Å². The van der Waals surface area contributed by atoms with Crippen molar-refractivity contribution in [2.45, 2.75) is 60.3 Å². The van der Waals surface area contributed by atoms with Gasteiger partial charge < -0.3 is 21.1 Å². The van der Waals surface area contributed by atoms with Crippen molar-refractivity contribution in [3.63, 3.8) is 0 Å². The Kier molecular flexibility index (Phi) is 7.81. The summed E-state index contributed by atoms with van der Waals surface area (Å²) in [4.78, 5) is 36.3. The van der Waals surface area contributed by atoms with Crippen molar-refractivity contribution >= 4 is 44.8 Å². The molecule has 0 spiro atoms. The average molecular weight is 614 g/mol. The predicted octanol–water partition coefficient (Wildman–Crippen LogP) is 3.10. The highest BCUT2D eigenvalue weighted by molar-refractivity contribution is 7.92. The van der Waals surface area contributed by atoms with E-state index < -0.39 is 67.8 Å². The molecule has 2 saturated carbocycles. The molecule has 220 valence electrons. The Bertz CT molecular complexity index is 1500. The number of carbonyl (C=O) groups excluding carboxylic acids is 3. The third kappa shape index (κ3) is 5.54. The summed E-state index contributed by atoms with van der Waals surface area (Å²) in [6, 6.07) is 4.06. The highest BCUT2D eigenvalue weighted by atomic mass is 35.5.